The number of aromatic hydroxyl groups is 1. The first-order chi connectivity index (χ1) is 19.1. The third kappa shape index (κ3) is 3.56. The molecule has 2 aliphatic heterocycles. The fourth-order valence-electron chi connectivity index (χ4n) is 8.76. The number of hydrogen-bond acceptors (Lipinski definition) is 5. The summed E-state index contributed by atoms with van der Waals surface area (Å²) in [5.41, 5.74) is 3.60. The molecule has 3 aromatic carbocycles. The van der Waals surface area contributed by atoms with E-state index in [4.69, 9.17) is 4.74 Å². The number of rotatable bonds is 7. The van der Waals surface area contributed by atoms with Crippen LogP contribution in [-0.4, -0.2) is 56.9 Å². The number of likely N-dealkylation sites (tertiary alicyclic amines) is 1. The van der Waals surface area contributed by atoms with Gasteiger partial charge in [-0.2, -0.15) is 0 Å². The molecule has 0 amide bonds. The molecule has 2 N–H and O–H groups in total. The van der Waals surface area contributed by atoms with Gasteiger partial charge < -0.3 is 14.9 Å². The van der Waals surface area contributed by atoms with Crippen molar-refractivity contribution >= 4 is 0 Å². The van der Waals surface area contributed by atoms with E-state index in [1.165, 1.54) is 29.5 Å². The van der Waals surface area contributed by atoms with Crippen LogP contribution in [0.15, 0.2) is 72.8 Å². The zero-order chi connectivity index (χ0) is 26.2. The summed E-state index contributed by atoms with van der Waals surface area (Å²) in [4.78, 5) is 5.19. The van der Waals surface area contributed by atoms with Crippen LogP contribution >= 0.6 is 0 Å². The number of piperidine rings is 1. The van der Waals surface area contributed by atoms with Gasteiger partial charge in [0.05, 0.1) is 11.0 Å². The Bertz CT molecular complexity index is 1330. The molecule has 39 heavy (non-hydrogen) atoms. The van der Waals surface area contributed by atoms with Crippen molar-refractivity contribution in [2.45, 2.75) is 80.8 Å². The molecular weight excluding hydrogens is 484 g/mol. The van der Waals surface area contributed by atoms with E-state index in [2.05, 4.69) is 76.5 Å². The van der Waals surface area contributed by atoms with Crippen LogP contribution in [0.1, 0.15) is 54.4 Å². The fraction of sp³-hybridized carbons (Fsp3) is 0.471. The normalized spacial score (nSPS) is 32.6. The Kier molecular flexibility index (Phi) is 5.42. The predicted molar refractivity (Wildman–Crippen MR) is 151 cm³/mol. The lowest BCUT2D eigenvalue weighted by molar-refractivity contribution is -0.202. The van der Waals surface area contributed by atoms with Crippen LogP contribution in [-0.2, 0) is 24.9 Å². The average molecular weight is 523 g/mol. The lowest BCUT2D eigenvalue weighted by Crippen LogP contribution is -2.78. The number of benzene rings is 3. The fourth-order valence-corrected chi connectivity index (χ4v) is 8.76. The van der Waals surface area contributed by atoms with E-state index >= 15 is 0 Å². The van der Waals surface area contributed by atoms with Gasteiger partial charge in [-0.1, -0.05) is 66.7 Å². The molecule has 2 saturated carbocycles. The molecule has 5 heteroatoms. The van der Waals surface area contributed by atoms with Crippen molar-refractivity contribution in [3.8, 4) is 11.5 Å². The molecule has 0 aromatic heterocycles. The van der Waals surface area contributed by atoms with Crippen LogP contribution in [0.5, 0.6) is 11.5 Å². The van der Waals surface area contributed by atoms with Gasteiger partial charge in [0.2, 0.25) is 0 Å². The van der Waals surface area contributed by atoms with E-state index in [0.717, 1.165) is 63.3 Å². The van der Waals surface area contributed by atoms with E-state index in [-0.39, 0.29) is 23.9 Å². The summed E-state index contributed by atoms with van der Waals surface area (Å²) in [5.74, 6) is 1.64. The average Bonchev–Trinajstić information content (AvgIpc) is 3.70. The van der Waals surface area contributed by atoms with Crippen molar-refractivity contribution in [1.29, 1.82) is 0 Å². The molecule has 3 fully saturated rings. The van der Waals surface area contributed by atoms with Gasteiger partial charge in [-0.05, 0) is 73.7 Å². The second kappa shape index (κ2) is 8.82. The summed E-state index contributed by atoms with van der Waals surface area (Å²) >= 11 is 0. The van der Waals surface area contributed by atoms with Crippen molar-refractivity contribution in [3.05, 3.63) is 95.1 Å². The Morgan fingerprint density at radius 1 is 0.872 bits per heavy atom. The number of aliphatic hydroxyl groups is 1. The minimum Gasteiger partial charge on any atom is -0.504 e. The van der Waals surface area contributed by atoms with Crippen LogP contribution in [0.2, 0.25) is 0 Å². The molecule has 1 saturated heterocycles. The smallest absolute Gasteiger partial charge is 0.165 e. The van der Waals surface area contributed by atoms with Crippen molar-refractivity contribution in [3.63, 3.8) is 0 Å². The van der Waals surface area contributed by atoms with E-state index in [9.17, 15) is 10.2 Å². The molecule has 5 atom stereocenters. The van der Waals surface area contributed by atoms with Crippen LogP contribution in [0.25, 0.3) is 0 Å². The zero-order valence-corrected chi connectivity index (χ0v) is 22.5. The molecule has 0 radical (unpaired) electrons. The first-order valence-corrected chi connectivity index (χ1v) is 14.9. The number of phenols is 1. The molecule has 3 aromatic rings. The summed E-state index contributed by atoms with van der Waals surface area (Å²) in [6, 6.07) is 25.6. The first-order valence-electron chi connectivity index (χ1n) is 14.9. The highest BCUT2D eigenvalue weighted by molar-refractivity contribution is 5.62. The maximum Gasteiger partial charge on any atom is 0.165 e. The van der Waals surface area contributed by atoms with Gasteiger partial charge in [0.15, 0.2) is 11.5 Å². The maximum absolute atomic E-state index is 12.9. The third-order valence-electron chi connectivity index (χ3n) is 10.7. The summed E-state index contributed by atoms with van der Waals surface area (Å²) < 4.78 is 6.90. The Morgan fingerprint density at radius 3 is 2.23 bits per heavy atom. The van der Waals surface area contributed by atoms with Gasteiger partial charge in [0.25, 0.3) is 0 Å². The molecule has 2 heterocycles. The van der Waals surface area contributed by atoms with Gasteiger partial charge in [0, 0.05) is 37.3 Å². The Hall–Kier alpha value is -2.86. The quantitative estimate of drug-likeness (QED) is 0.456. The van der Waals surface area contributed by atoms with Crippen LogP contribution in [0, 0.1) is 5.92 Å². The summed E-state index contributed by atoms with van der Waals surface area (Å²) in [6.45, 7) is 3.73. The largest absolute Gasteiger partial charge is 0.504 e. The molecule has 3 aliphatic carbocycles. The first kappa shape index (κ1) is 24.0. The monoisotopic (exact) mass is 522 g/mol. The lowest BCUT2D eigenvalue weighted by Gasteiger charge is -2.65. The molecule has 2 unspecified atom stereocenters. The van der Waals surface area contributed by atoms with E-state index in [0.29, 0.717) is 5.75 Å². The Labute approximate surface area is 231 Å². The van der Waals surface area contributed by atoms with Gasteiger partial charge >= 0.3 is 0 Å². The summed E-state index contributed by atoms with van der Waals surface area (Å²) in [5, 5.41) is 23.9. The summed E-state index contributed by atoms with van der Waals surface area (Å²) in [6.07, 6.45) is 5.80. The van der Waals surface area contributed by atoms with E-state index < -0.39 is 11.0 Å². The number of nitrogens with zero attached hydrogens (tertiary/aromatic N) is 2. The van der Waals surface area contributed by atoms with Gasteiger partial charge in [-0.3, -0.25) is 9.80 Å². The molecule has 1 spiro atoms. The number of phenolic OH excluding ortho intramolecular Hbond substituents is 1. The van der Waals surface area contributed by atoms with E-state index in [1.807, 2.05) is 6.07 Å². The molecular formula is C34H38N2O3. The molecule has 8 rings (SSSR count). The van der Waals surface area contributed by atoms with Crippen molar-refractivity contribution < 1.29 is 14.9 Å². The van der Waals surface area contributed by atoms with Crippen LogP contribution in [0.3, 0.4) is 0 Å². The van der Waals surface area contributed by atoms with Crippen molar-refractivity contribution in [2.75, 3.05) is 13.1 Å². The standard InChI is InChI=1S/C34H38N2O3/c37-28-14-13-26-19-29-34(38)16-15-27(36(21-23-7-3-1-4-8-23)22-24-9-5-2-6-10-24)32-33(34,30(26)31(28)39-32)17-18-35(29)20-25-11-12-25/h1-10,13-14,25,27,29,32,37-38H,11-12,15-22H2/t27?,29-,32?,33+,34-/m1/s1. The second-order valence-corrected chi connectivity index (χ2v) is 12.8. The predicted octanol–water partition coefficient (Wildman–Crippen LogP) is 5.03. The van der Waals surface area contributed by atoms with Crippen LogP contribution in [0.4, 0.5) is 0 Å². The molecule has 202 valence electrons. The SMILES string of the molecule is Oc1ccc2c3c1OC1C(N(Cc4ccccc4)Cc4ccccc4)CC[C@@]4(O)[C@@H](C2)N(CC2CC2)CC[C@]314. The Morgan fingerprint density at radius 2 is 1.56 bits per heavy atom. The second-order valence-electron chi connectivity index (χ2n) is 12.8. The van der Waals surface area contributed by atoms with Crippen LogP contribution < -0.4 is 4.74 Å². The highest BCUT2D eigenvalue weighted by atomic mass is 16.5. The van der Waals surface area contributed by atoms with Gasteiger partial charge in [-0.15, -0.1) is 0 Å². The zero-order valence-electron chi connectivity index (χ0n) is 22.5. The highest BCUT2D eigenvalue weighted by Crippen LogP contribution is 2.66. The number of hydrogen-bond donors (Lipinski definition) is 2. The molecule has 2 bridgehead atoms. The van der Waals surface area contributed by atoms with E-state index in [1.54, 1.807) is 0 Å². The lowest BCUT2D eigenvalue weighted by atomic mass is 9.48. The van der Waals surface area contributed by atoms with Crippen molar-refractivity contribution in [2.24, 2.45) is 5.92 Å². The topological polar surface area (TPSA) is 56.2 Å². The minimum atomic E-state index is -0.849. The Balaban J connectivity index is 1.23. The minimum absolute atomic E-state index is 0.110. The summed E-state index contributed by atoms with van der Waals surface area (Å²) in [7, 11) is 0. The molecule has 5 aliphatic rings. The van der Waals surface area contributed by atoms with Crippen molar-refractivity contribution in [1.82, 2.24) is 9.80 Å². The third-order valence-corrected chi connectivity index (χ3v) is 10.7. The van der Waals surface area contributed by atoms with Gasteiger partial charge in [0.1, 0.15) is 6.10 Å². The maximum atomic E-state index is 12.9. The van der Waals surface area contributed by atoms with Gasteiger partial charge in [-0.25, -0.2) is 0 Å². The highest BCUT2D eigenvalue weighted by Gasteiger charge is 2.73. The molecule has 5 nitrogen and oxygen atoms in total. The number of ether oxygens (including phenoxy) is 1.